The minimum atomic E-state index is -1.26. The SMILES string of the molecule is CC(C)(C)OC(=O)N1CCC(CCC(=O)NCC(=O)c2ccc(OCC(=O)O)c(OCC(=O)O)c2)CC1. The number of likely N-dealkylation sites (tertiary alicyclic amines) is 1. The number of amides is 2. The molecule has 0 saturated carbocycles. The fraction of sp³-hybridized carbons (Fsp3) is 0.560. The molecule has 1 aromatic carbocycles. The summed E-state index contributed by atoms with van der Waals surface area (Å²) in [7, 11) is 0. The molecular formula is C25H34N2O10. The average molecular weight is 523 g/mol. The van der Waals surface area contributed by atoms with Gasteiger partial charge in [0.15, 0.2) is 30.5 Å². The van der Waals surface area contributed by atoms with Crippen molar-refractivity contribution in [1.82, 2.24) is 10.2 Å². The maximum absolute atomic E-state index is 12.6. The highest BCUT2D eigenvalue weighted by molar-refractivity contribution is 5.99. The third-order valence-electron chi connectivity index (χ3n) is 5.46. The average Bonchev–Trinajstić information content (AvgIpc) is 2.82. The number of ether oxygens (including phenoxy) is 3. The predicted molar refractivity (Wildman–Crippen MR) is 130 cm³/mol. The number of ketones is 1. The molecule has 1 saturated heterocycles. The first kappa shape index (κ1) is 29.4. The van der Waals surface area contributed by atoms with E-state index in [9.17, 15) is 24.0 Å². The summed E-state index contributed by atoms with van der Waals surface area (Å²) in [6.07, 6.45) is 2.06. The maximum Gasteiger partial charge on any atom is 0.410 e. The highest BCUT2D eigenvalue weighted by Gasteiger charge is 2.27. The quantitative estimate of drug-likeness (QED) is 0.346. The van der Waals surface area contributed by atoms with Crippen molar-refractivity contribution in [2.75, 3.05) is 32.8 Å². The van der Waals surface area contributed by atoms with Gasteiger partial charge in [-0.15, -0.1) is 0 Å². The van der Waals surface area contributed by atoms with Crippen LogP contribution in [0.15, 0.2) is 18.2 Å². The zero-order valence-corrected chi connectivity index (χ0v) is 21.3. The molecule has 0 atom stereocenters. The molecule has 1 aliphatic heterocycles. The number of nitrogens with one attached hydrogen (secondary N) is 1. The second kappa shape index (κ2) is 13.5. The fourth-order valence-electron chi connectivity index (χ4n) is 3.63. The van der Waals surface area contributed by atoms with E-state index in [-0.39, 0.29) is 47.9 Å². The summed E-state index contributed by atoms with van der Waals surface area (Å²) in [5.74, 6) is -3.06. The van der Waals surface area contributed by atoms with E-state index >= 15 is 0 Å². The third-order valence-corrected chi connectivity index (χ3v) is 5.46. The number of Topliss-reactive ketones (excluding diaryl/α,β-unsaturated/α-hetero) is 1. The van der Waals surface area contributed by atoms with Crippen molar-refractivity contribution in [3.05, 3.63) is 23.8 Å². The van der Waals surface area contributed by atoms with Crippen LogP contribution in [0, 0.1) is 5.92 Å². The standard InChI is InChI=1S/C25H34N2O10/c1-25(2,3)37-24(34)27-10-8-16(9-11-27)4-7-21(29)26-13-18(28)17-5-6-19(35-14-22(30)31)20(12-17)36-15-23(32)33/h5-6,12,16H,4,7-11,13-15H2,1-3H3,(H,26,29)(H,30,31)(H,32,33). The summed E-state index contributed by atoms with van der Waals surface area (Å²) >= 11 is 0. The summed E-state index contributed by atoms with van der Waals surface area (Å²) < 4.78 is 15.6. The number of carbonyl (C=O) groups excluding carboxylic acids is 3. The lowest BCUT2D eigenvalue weighted by Gasteiger charge is -2.33. The number of piperidine rings is 1. The molecule has 204 valence electrons. The van der Waals surface area contributed by atoms with Gasteiger partial charge in [0.05, 0.1) is 6.54 Å². The fourth-order valence-corrected chi connectivity index (χ4v) is 3.63. The predicted octanol–water partition coefficient (Wildman–Crippen LogP) is 2.34. The minimum Gasteiger partial charge on any atom is -0.479 e. The molecule has 2 amide bonds. The molecule has 1 heterocycles. The van der Waals surface area contributed by atoms with E-state index in [4.69, 9.17) is 24.4 Å². The van der Waals surface area contributed by atoms with Crippen LogP contribution in [0.3, 0.4) is 0 Å². The van der Waals surface area contributed by atoms with E-state index < -0.39 is 36.5 Å². The van der Waals surface area contributed by atoms with Crippen LogP contribution in [-0.4, -0.2) is 83.3 Å². The molecule has 1 fully saturated rings. The highest BCUT2D eigenvalue weighted by atomic mass is 16.6. The summed E-state index contributed by atoms with van der Waals surface area (Å²) in [5.41, 5.74) is -0.412. The topological polar surface area (TPSA) is 169 Å². The number of carboxylic acid groups (broad SMARTS) is 2. The molecule has 0 aliphatic carbocycles. The van der Waals surface area contributed by atoms with E-state index in [1.165, 1.54) is 18.2 Å². The number of benzene rings is 1. The third kappa shape index (κ3) is 10.8. The lowest BCUT2D eigenvalue weighted by atomic mass is 9.92. The van der Waals surface area contributed by atoms with Gasteiger partial charge >= 0.3 is 18.0 Å². The Kier molecular flexibility index (Phi) is 10.7. The summed E-state index contributed by atoms with van der Waals surface area (Å²) in [6.45, 7) is 4.93. The number of carbonyl (C=O) groups is 5. The summed E-state index contributed by atoms with van der Waals surface area (Å²) in [6, 6.07) is 3.92. The Morgan fingerprint density at radius 2 is 1.57 bits per heavy atom. The molecule has 1 aromatic rings. The lowest BCUT2D eigenvalue weighted by Crippen LogP contribution is -2.41. The number of rotatable bonds is 12. The molecule has 12 nitrogen and oxygen atoms in total. The van der Waals surface area contributed by atoms with Gasteiger partial charge in [0, 0.05) is 25.1 Å². The molecule has 0 aromatic heterocycles. The molecule has 0 unspecified atom stereocenters. The van der Waals surface area contributed by atoms with Crippen molar-refractivity contribution < 1.29 is 48.4 Å². The minimum absolute atomic E-state index is 0.0260. The number of hydrogen-bond donors (Lipinski definition) is 3. The Labute approximate surface area is 214 Å². The van der Waals surface area contributed by atoms with Gasteiger partial charge in [-0.3, -0.25) is 9.59 Å². The van der Waals surface area contributed by atoms with E-state index in [1.54, 1.807) is 4.90 Å². The Bertz CT molecular complexity index is 994. The smallest absolute Gasteiger partial charge is 0.410 e. The highest BCUT2D eigenvalue weighted by Crippen LogP contribution is 2.29. The normalized spacial score (nSPS) is 14.0. The molecule has 3 N–H and O–H groups in total. The molecule has 1 aliphatic rings. The first-order valence-electron chi connectivity index (χ1n) is 11.9. The largest absolute Gasteiger partial charge is 0.479 e. The van der Waals surface area contributed by atoms with Crippen molar-refractivity contribution >= 4 is 29.7 Å². The second-order valence-corrected chi connectivity index (χ2v) is 9.68. The first-order chi connectivity index (χ1) is 17.3. The molecular weight excluding hydrogens is 488 g/mol. The molecule has 12 heteroatoms. The van der Waals surface area contributed by atoms with Gasteiger partial charge in [-0.2, -0.15) is 0 Å². The van der Waals surface area contributed by atoms with E-state index in [0.717, 1.165) is 12.8 Å². The van der Waals surface area contributed by atoms with Crippen LogP contribution >= 0.6 is 0 Å². The zero-order valence-electron chi connectivity index (χ0n) is 21.3. The van der Waals surface area contributed by atoms with E-state index in [1.807, 2.05) is 20.8 Å². The molecule has 2 rings (SSSR count). The van der Waals surface area contributed by atoms with Crippen LogP contribution in [0.25, 0.3) is 0 Å². The lowest BCUT2D eigenvalue weighted by molar-refractivity contribution is -0.140. The summed E-state index contributed by atoms with van der Waals surface area (Å²) in [4.78, 5) is 60.2. The van der Waals surface area contributed by atoms with Gasteiger partial charge in [0.2, 0.25) is 5.91 Å². The van der Waals surface area contributed by atoms with Gasteiger partial charge in [-0.1, -0.05) is 0 Å². The number of hydrogen-bond acceptors (Lipinski definition) is 8. The maximum atomic E-state index is 12.6. The van der Waals surface area contributed by atoms with Crippen molar-refractivity contribution in [1.29, 1.82) is 0 Å². The Hall–Kier alpha value is -3.83. The van der Waals surface area contributed by atoms with Gasteiger partial charge in [-0.25, -0.2) is 14.4 Å². The van der Waals surface area contributed by atoms with Gasteiger partial charge < -0.3 is 34.6 Å². The summed E-state index contributed by atoms with van der Waals surface area (Å²) in [5, 5.41) is 20.2. The van der Waals surface area contributed by atoms with Gasteiger partial charge in [0.25, 0.3) is 0 Å². The van der Waals surface area contributed by atoms with Crippen LogP contribution in [-0.2, 0) is 19.1 Å². The Morgan fingerprint density at radius 1 is 0.973 bits per heavy atom. The number of carboxylic acids is 2. The van der Waals surface area contributed by atoms with E-state index in [0.29, 0.717) is 19.5 Å². The second-order valence-electron chi connectivity index (χ2n) is 9.68. The molecule has 0 spiro atoms. The Balaban J connectivity index is 1.81. The monoisotopic (exact) mass is 522 g/mol. The van der Waals surface area contributed by atoms with Crippen LogP contribution in [0.2, 0.25) is 0 Å². The van der Waals surface area contributed by atoms with Crippen LogP contribution < -0.4 is 14.8 Å². The number of aliphatic carboxylic acids is 2. The Morgan fingerprint density at radius 3 is 2.14 bits per heavy atom. The van der Waals surface area contributed by atoms with Crippen LogP contribution in [0.1, 0.15) is 56.8 Å². The van der Waals surface area contributed by atoms with E-state index in [2.05, 4.69) is 5.32 Å². The van der Waals surface area contributed by atoms with Crippen LogP contribution in [0.4, 0.5) is 4.79 Å². The molecule has 0 bridgehead atoms. The zero-order chi connectivity index (χ0) is 27.6. The first-order valence-corrected chi connectivity index (χ1v) is 11.9. The van der Waals surface area contributed by atoms with Gasteiger partial charge in [-0.05, 0) is 64.2 Å². The molecule has 0 radical (unpaired) electrons. The number of nitrogens with zero attached hydrogens (tertiary/aromatic N) is 1. The van der Waals surface area contributed by atoms with Crippen molar-refractivity contribution in [2.24, 2.45) is 5.92 Å². The van der Waals surface area contributed by atoms with Crippen molar-refractivity contribution in [3.8, 4) is 11.5 Å². The van der Waals surface area contributed by atoms with Crippen molar-refractivity contribution in [3.63, 3.8) is 0 Å². The van der Waals surface area contributed by atoms with Gasteiger partial charge in [0.1, 0.15) is 5.60 Å². The van der Waals surface area contributed by atoms with Crippen LogP contribution in [0.5, 0.6) is 11.5 Å². The van der Waals surface area contributed by atoms with Crippen molar-refractivity contribution in [2.45, 2.75) is 52.1 Å². The molecule has 37 heavy (non-hydrogen) atoms.